The molecule has 1 aliphatic rings. The van der Waals surface area contributed by atoms with E-state index in [1.807, 2.05) is 20.9 Å². The van der Waals surface area contributed by atoms with Gasteiger partial charge >= 0.3 is 12.0 Å². The summed E-state index contributed by atoms with van der Waals surface area (Å²) >= 11 is 1.47. The highest BCUT2D eigenvalue weighted by molar-refractivity contribution is 8.00. The molecule has 20 heavy (non-hydrogen) atoms. The Morgan fingerprint density at radius 3 is 2.85 bits per heavy atom. The van der Waals surface area contributed by atoms with Crippen LogP contribution in [0.1, 0.15) is 18.2 Å². The fourth-order valence-electron chi connectivity index (χ4n) is 2.12. The molecule has 2 unspecified atom stereocenters. The zero-order valence-electron chi connectivity index (χ0n) is 11.7. The summed E-state index contributed by atoms with van der Waals surface area (Å²) in [6.45, 7) is 4.10. The van der Waals surface area contributed by atoms with Gasteiger partial charge in [-0.25, -0.2) is 9.59 Å². The zero-order valence-corrected chi connectivity index (χ0v) is 12.5. The molecule has 0 radical (unpaired) electrons. The van der Waals surface area contributed by atoms with Crippen molar-refractivity contribution < 1.29 is 14.7 Å². The number of hydrogen-bond acceptors (Lipinski definition) is 4. The molecule has 110 valence electrons. The lowest BCUT2D eigenvalue weighted by Gasteiger charge is -2.25. The first-order valence-corrected chi connectivity index (χ1v) is 7.34. The minimum atomic E-state index is -0.963. The van der Waals surface area contributed by atoms with Crippen LogP contribution < -0.4 is 5.32 Å². The Kier molecular flexibility index (Phi) is 4.22. The number of carboxylic acids is 1. The van der Waals surface area contributed by atoms with Crippen LogP contribution in [0, 0.1) is 6.92 Å². The molecule has 2 atom stereocenters. The molecule has 1 aromatic heterocycles. The van der Waals surface area contributed by atoms with Gasteiger partial charge in [0.1, 0.15) is 6.04 Å². The maximum absolute atomic E-state index is 12.2. The number of carbonyl (C=O) groups is 2. The third kappa shape index (κ3) is 2.74. The van der Waals surface area contributed by atoms with E-state index in [2.05, 4.69) is 10.4 Å². The fraction of sp³-hybridized carbons (Fsp3) is 0.583. The summed E-state index contributed by atoms with van der Waals surface area (Å²) in [6.07, 6.45) is 1.70. The van der Waals surface area contributed by atoms with Gasteiger partial charge in [-0.3, -0.25) is 9.58 Å². The van der Waals surface area contributed by atoms with Gasteiger partial charge in [0.2, 0.25) is 0 Å². The normalized spacial score (nSPS) is 22.1. The van der Waals surface area contributed by atoms with Crippen molar-refractivity contribution in [3.63, 3.8) is 0 Å². The minimum Gasteiger partial charge on any atom is -0.480 e. The molecule has 1 fully saturated rings. The summed E-state index contributed by atoms with van der Waals surface area (Å²) in [5.74, 6) is -0.537. The van der Waals surface area contributed by atoms with Crippen LogP contribution in [0.3, 0.4) is 0 Å². The number of aliphatic carboxylic acids is 1. The Labute approximate surface area is 121 Å². The Hall–Kier alpha value is -1.70. The first-order chi connectivity index (χ1) is 9.41. The van der Waals surface area contributed by atoms with Gasteiger partial charge in [0, 0.05) is 30.6 Å². The van der Waals surface area contributed by atoms with Crippen LogP contribution >= 0.6 is 11.8 Å². The predicted octanol–water partition coefficient (Wildman–Crippen LogP) is 0.786. The Morgan fingerprint density at radius 2 is 2.30 bits per heavy atom. The average Bonchev–Trinajstić information content (AvgIpc) is 2.92. The molecule has 0 aliphatic carbocycles. The summed E-state index contributed by atoms with van der Waals surface area (Å²) in [6, 6.07) is -1.11. The number of nitrogens with one attached hydrogen (secondary N) is 1. The molecular formula is C12H18N4O3S. The molecule has 0 bridgehead atoms. The van der Waals surface area contributed by atoms with Crippen molar-refractivity contribution in [3.8, 4) is 0 Å². The number of amides is 2. The van der Waals surface area contributed by atoms with E-state index in [0.29, 0.717) is 12.3 Å². The van der Waals surface area contributed by atoms with Crippen LogP contribution in [-0.2, 0) is 18.4 Å². The molecular weight excluding hydrogens is 280 g/mol. The second-order valence-corrected chi connectivity index (χ2v) is 6.08. The largest absolute Gasteiger partial charge is 0.480 e. The summed E-state index contributed by atoms with van der Waals surface area (Å²) in [7, 11) is 1.83. The van der Waals surface area contributed by atoms with E-state index in [9.17, 15) is 9.59 Å². The van der Waals surface area contributed by atoms with Crippen molar-refractivity contribution in [2.24, 2.45) is 7.05 Å². The third-order valence-corrected chi connectivity index (χ3v) is 4.73. The molecule has 2 amide bonds. The van der Waals surface area contributed by atoms with Gasteiger partial charge in [-0.1, -0.05) is 0 Å². The number of urea groups is 1. The van der Waals surface area contributed by atoms with Gasteiger partial charge in [0.25, 0.3) is 0 Å². The SMILES string of the molecule is Cc1c(CNC(=O)N2C(C)SCC2C(=O)O)cnn1C. The van der Waals surface area contributed by atoms with Crippen LogP contribution in [0.5, 0.6) is 0 Å². The number of rotatable bonds is 3. The molecule has 8 heteroatoms. The summed E-state index contributed by atoms with van der Waals surface area (Å²) < 4.78 is 1.73. The van der Waals surface area contributed by atoms with E-state index in [1.165, 1.54) is 16.7 Å². The van der Waals surface area contributed by atoms with Gasteiger partial charge in [-0.15, -0.1) is 11.8 Å². The van der Waals surface area contributed by atoms with Crippen LogP contribution in [0.4, 0.5) is 4.79 Å². The van der Waals surface area contributed by atoms with Crippen LogP contribution in [0.2, 0.25) is 0 Å². The Morgan fingerprint density at radius 1 is 1.60 bits per heavy atom. The van der Waals surface area contributed by atoms with Gasteiger partial charge in [0.05, 0.1) is 11.6 Å². The van der Waals surface area contributed by atoms with E-state index in [-0.39, 0.29) is 11.4 Å². The fourth-order valence-corrected chi connectivity index (χ4v) is 3.29. The van der Waals surface area contributed by atoms with Crippen molar-refractivity contribution in [2.45, 2.75) is 31.8 Å². The topological polar surface area (TPSA) is 87.5 Å². The summed E-state index contributed by atoms with van der Waals surface area (Å²) in [5, 5.41) is 15.9. The van der Waals surface area contributed by atoms with Gasteiger partial charge in [-0.05, 0) is 13.8 Å². The number of aryl methyl sites for hydroxylation is 1. The average molecular weight is 298 g/mol. The van der Waals surface area contributed by atoms with Crippen LogP contribution in [0.25, 0.3) is 0 Å². The minimum absolute atomic E-state index is 0.133. The van der Waals surface area contributed by atoms with E-state index in [4.69, 9.17) is 5.11 Å². The quantitative estimate of drug-likeness (QED) is 0.861. The molecule has 1 saturated heterocycles. The van der Waals surface area contributed by atoms with Gasteiger partial charge < -0.3 is 10.4 Å². The standard InChI is InChI=1S/C12H18N4O3S/c1-7-9(5-14-15(7)3)4-13-12(19)16-8(2)20-6-10(16)11(17)18/h5,8,10H,4,6H2,1-3H3,(H,13,19)(H,17,18). The first kappa shape index (κ1) is 14.7. The number of thioether (sulfide) groups is 1. The van der Waals surface area contributed by atoms with E-state index in [1.54, 1.807) is 10.9 Å². The molecule has 2 N–H and O–H groups in total. The molecule has 0 saturated carbocycles. The van der Waals surface area contributed by atoms with Crippen molar-refractivity contribution in [2.75, 3.05) is 5.75 Å². The number of nitrogens with zero attached hydrogens (tertiary/aromatic N) is 3. The van der Waals surface area contributed by atoms with Gasteiger partial charge in [-0.2, -0.15) is 5.10 Å². The first-order valence-electron chi connectivity index (χ1n) is 6.30. The zero-order chi connectivity index (χ0) is 14.9. The molecule has 1 aliphatic heterocycles. The van der Waals surface area contributed by atoms with Crippen molar-refractivity contribution >= 4 is 23.8 Å². The highest BCUT2D eigenvalue weighted by atomic mass is 32.2. The van der Waals surface area contributed by atoms with Crippen LogP contribution in [-0.4, -0.2) is 49.0 Å². The smallest absolute Gasteiger partial charge is 0.327 e. The number of hydrogen-bond donors (Lipinski definition) is 2. The van der Waals surface area contributed by atoms with Crippen molar-refractivity contribution in [1.82, 2.24) is 20.0 Å². The third-order valence-electron chi connectivity index (χ3n) is 3.51. The predicted molar refractivity (Wildman–Crippen MR) is 75.4 cm³/mol. The van der Waals surface area contributed by atoms with E-state index >= 15 is 0 Å². The highest BCUT2D eigenvalue weighted by Crippen LogP contribution is 2.28. The monoisotopic (exact) mass is 298 g/mol. The molecule has 7 nitrogen and oxygen atoms in total. The Bertz CT molecular complexity index is 531. The lowest BCUT2D eigenvalue weighted by atomic mass is 10.2. The maximum atomic E-state index is 12.2. The molecule has 0 aromatic carbocycles. The summed E-state index contributed by atoms with van der Waals surface area (Å²) in [5.41, 5.74) is 1.90. The summed E-state index contributed by atoms with van der Waals surface area (Å²) in [4.78, 5) is 24.7. The molecule has 2 heterocycles. The lowest BCUT2D eigenvalue weighted by molar-refractivity contribution is -0.141. The highest BCUT2D eigenvalue weighted by Gasteiger charge is 2.39. The van der Waals surface area contributed by atoms with E-state index < -0.39 is 12.0 Å². The van der Waals surface area contributed by atoms with Crippen LogP contribution in [0.15, 0.2) is 6.20 Å². The van der Waals surface area contributed by atoms with Crippen molar-refractivity contribution in [1.29, 1.82) is 0 Å². The molecule has 1 aromatic rings. The molecule has 2 rings (SSSR count). The second kappa shape index (κ2) is 5.74. The van der Waals surface area contributed by atoms with Gasteiger partial charge in [0.15, 0.2) is 0 Å². The number of aromatic nitrogens is 2. The van der Waals surface area contributed by atoms with Crippen molar-refractivity contribution in [3.05, 3.63) is 17.5 Å². The number of carbonyl (C=O) groups excluding carboxylic acids is 1. The number of carboxylic acid groups (broad SMARTS) is 1. The second-order valence-electron chi connectivity index (χ2n) is 4.73. The molecule has 0 spiro atoms. The Balaban J connectivity index is 2.00. The lowest BCUT2D eigenvalue weighted by Crippen LogP contribution is -2.49. The van der Waals surface area contributed by atoms with E-state index in [0.717, 1.165) is 11.3 Å². The maximum Gasteiger partial charge on any atom is 0.327 e.